The number of carbonyl (C=O) groups excluding carboxylic acids is 1. The first-order valence-electron chi connectivity index (χ1n) is 7.39. The van der Waals surface area contributed by atoms with Gasteiger partial charge in [-0.05, 0) is 29.7 Å². The van der Waals surface area contributed by atoms with Crippen molar-refractivity contribution in [3.05, 3.63) is 65.7 Å². The molecule has 0 aromatic heterocycles. The summed E-state index contributed by atoms with van der Waals surface area (Å²) in [5.74, 6) is 0.800. The van der Waals surface area contributed by atoms with E-state index in [1.54, 1.807) is 7.11 Å². The summed E-state index contributed by atoms with van der Waals surface area (Å²) >= 11 is 0. The average Bonchev–Trinajstić information content (AvgIpc) is 2.56. The normalized spacial score (nSPS) is 11.7. The molecule has 0 saturated heterocycles. The molecule has 0 bridgehead atoms. The minimum Gasteiger partial charge on any atom is -0.497 e. The van der Waals surface area contributed by atoms with Crippen molar-refractivity contribution in [1.82, 2.24) is 5.32 Å². The van der Waals surface area contributed by atoms with Crippen LogP contribution < -0.4 is 15.8 Å². The Labute approximate surface area is 131 Å². The second-order valence-corrected chi connectivity index (χ2v) is 5.17. The number of benzene rings is 2. The van der Waals surface area contributed by atoms with E-state index in [-0.39, 0.29) is 11.9 Å². The zero-order valence-corrected chi connectivity index (χ0v) is 12.8. The summed E-state index contributed by atoms with van der Waals surface area (Å²) in [7, 11) is 1.64. The van der Waals surface area contributed by atoms with Gasteiger partial charge in [0.05, 0.1) is 7.11 Å². The van der Waals surface area contributed by atoms with Crippen LogP contribution in [0, 0.1) is 0 Å². The summed E-state index contributed by atoms with van der Waals surface area (Å²) in [6, 6.07) is 17.2. The van der Waals surface area contributed by atoms with E-state index in [4.69, 9.17) is 10.5 Å². The number of ether oxygens (including phenoxy) is 1. The summed E-state index contributed by atoms with van der Waals surface area (Å²) in [4.78, 5) is 11.9. The van der Waals surface area contributed by atoms with Crippen molar-refractivity contribution in [1.29, 1.82) is 0 Å². The Balaban J connectivity index is 1.76. The maximum atomic E-state index is 11.9. The number of rotatable bonds is 7. The van der Waals surface area contributed by atoms with Gasteiger partial charge in [-0.3, -0.25) is 4.79 Å². The predicted octanol–water partition coefficient (Wildman–Crippen LogP) is 2.44. The molecule has 0 aliphatic carbocycles. The number of carbonyl (C=O) groups is 1. The highest BCUT2D eigenvalue weighted by Gasteiger charge is 2.10. The molecule has 0 spiro atoms. The maximum Gasteiger partial charge on any atom is 0.221 e. The Hall–Kier alpha value is -2.33. The fourth-order valence-electron chi connectivity index (χ4n) is 2.26. The van der Waals surface area contributed by atoms with Crippen LogP contribution in [0.5, 0.6) is 5.75 Å². The molecule has 2 rings (SSSR count). The molecule has 0 saturated carbocycles. The maximum absolute atomic E-state index is 11.9. The van der Waals surface area contributed by atoms with Gasteiger partial charge in [0.25, 0.3) is 0 Å². The van der Waals surface area contributed by atoms with Crippen LogP contribution >= 0.6 is 0 Å². The topological polar surface area (TPSA) is 64.3 Å². The van der Waals surface area contributed by atoms with Gasteiger partial charge in [-0.1, -0.05) is 42.5 Å². The van der Waals surface area contributed by atoms with Gasteiger partial charge in [-0.25, -0.2) is 0 Å². The van der Waals surface area contributed by atoms with Gasteiger partial charge in [0.1, 0.15) is 5.75 Å². The molecule has 4 heteroatoms. The Kier molecular flexibility index (Phi) is 5.98. The van der Waals surface area contributed by atoms with E-state index < -0.39 is 0 Å². The molecule has 0 heterocycles. The SMILES string of the molecule is COc1cccc(CCNC(=O)CC(N)c2ccccc2)c1. The van der Waals surface area contributed by atoms with E-state index in [2.05, 4.69) is 5.32 Å². The van der Waals surface area contributed by atoms with Crippen molar-refractivity contribution in [2.45, 2.75) is 18.9 Å². The quantitative estimate of drug-likeness (QED) is 0.825. The molecule has 1 amide bonds. The third-order valence-corrected chi connectivity index (χ3v) is 3.50. The summed E-state index contributed by atoms with van der Waals surface area (Å²) in [6.07, 6.45) is 1.06. The van der Waals surface area contributed by atoms with Crippen molar-refractivity contribution < 1.29 is 9.53 Å². The van der Waals surface area contributed by atoms with E-state index >= 15 is 0 Å². The Bertz CT molecular complexity index is 599. The third kappa shape index (κ3) is 4.90. The third-order valence-electron chi connectivity index (χ3n) is 3.50. The largest absolute Gasteiger partial charge is 0.497 e. The van der Waals surface area contributed by atoms with Crippen LogP contribution in [0.4, 0.5) is 0 Å². The molecule has 4 nitrogen and oxygen atoms in total. The van der Waals surface area contributed by atoms with Crippen LogP contribution in [-0.2, 0) is 11.2 Å². The summed E-state index contributed by atoms with van der Waals surface area (Å²) in [5.41, 5.74) is 8.15. The molecule has 2 aromatic carbocycles. The number of hydrogen-bond donors (Lipinski definition) is 2. The van der Waals surface area contributed by atoms with Crippen molar-refractivity contribution in [3.63, 3.8) is 0 Å². The lowest BCUT2D eigenvalue weighted by Crippen LogP contribution is -2.29. The summed E-state index contributed by atoms with van der Waals surface area (Å²) in [5, 5.41) is 2.91. The van der Waals surface area contributed by atoms with Gasteiger partial charge >= 0.3 is 0 Å². The average molecular weight is 298 g/mol. The Morgan fingerprint density at radius 2 is 1.95 bits per heavy atom. The highest BCUT2D eigenvalue weighted by atomic mass is 16.5. The minimum atomic E-state index is -0.266. The van der Waals surface area contributed by atoms with Crippen LogP contribution in [0.25, 0.3) is 0 Å². The van der Waals surface area contributed by atoms with Crippen molar-refractivity contribution in [2.24, 2.45) is 5.73 Å². The van der Waals surface area contributed by atoms with Gasteiger partial charge in [0, 0.05) is 19.0 Å². The highest BCUT2D eigenvalue weighted by molar-refractivity contribution is 5.76. The fourth-order valence-corrected chi connectivity index (χ4v) is 2.26. The van der Waals surface area contributed by atoms with E-state index in [0.29, 0.717) is 13.0 Å². The number of methoxy groups -OCH3 is 1. The second-order valence-electron chi connectivity index (χ2n) is 5.17. The number of nitrogens with two attached hydrogens (primary N) is 1. The van der Waals surface area contributed by atoms with E-state index in [0.717, 1.165) is 23.3 Å². The van der Waals surface area contributed by atoms with Crippen LogP contribution in [-0.4, -0.2) is 19.6 Å². The minimum absolute atomic E-state index is 0.0285. The smallest absolute Gasteiger partial charge is 0.221 e. The molecule has 1 atom stereocenters. The Morgan fingerprint density at radius 3 is 2.68 bits per heavy atom. The number of hydrogen-bond acceptors (Lipinski definition) is 3. The molecule has 0 fully saturated rings. The molecular formula is C18H22N2O2. The van der Waals surface area contributed by atoms with Crippen LogP contribution in [0.2, 0.25) is 0 Å². The standard InChI is InChI=1S/C18H22N2O2/c1-22-16-9-5-6-14(12-16)10-11-20-18(21)13-17(19)15-7-3-2-4-8-15/h2-9,12,17H,10-11,13,19H2,1H3,(H,20,21). The van der Waals surface area contributed by atoms with Crippen LogP contribution in [0.15, 0.2) is 54.6 Å². The first kappa shape index (κ1) is 16.0. The zero-order valence-electron chi connectivity index (χ0n) is 12.8. The fraction of sp³-hybridized carbons (Fsp3) is 0.278. The molecule has 0 aliphatic heterocycles. The molecule has 3 N–H and O–H groups in total. The lowest BCUT2D eigenvalue weighted by atomic mass is 10.0. The molecule has 1 unspecified atom stereocenters. The predicted molar refractivity (Wildman–Crippen MR) is 87.7 cm³/mol. The highest BCUT2D eigenvalue weighted by Crippen LogP contribution is 2.14. The molecule has 0 aliphatic rings. The van der Waals surface area contributed by atoms with Crippen molar-refractivity contribution >= 4 is 5.91 Å². The van der Waals surface area contributed by atoms with Gasteiger partial charge in [-0.2, -0.15) is 0 Å². The lowest BCUT2D eigenvalue weighted by Gasteiger charge is -2.12. The zero-order chi connectivity index (χ0) is 15.8. The van der Waals surface area contributed by atoms with Gasteiger partial charge in [0.15, 0.2) is 0 Å². The van der Waals surface area contributed by atoms with Crippen molar-refractivity contribution in [2.75, 3.05) is 13.7 Å². The van der Waals surface area contributed by atoms with E-state index in [1.165, 1.54) is 0 Å². The molecule has 22 heavy (non-hydrogen) atoms. The van der Waals surface area contributed by atoms with E-state index in [1.807, 2.05) is 54.6 Å². The molecule has 2 aromatic rings. The van der Waals surface area contributed by atoms with Gasteiger partial charge < -0.3 is 15.8 Å². The molecule has 0 radical (unpaired) electrons. The second kappa shape index (κ2) is 8.20. The van der Waals surface area contributed by atoms with Gasteiger partial charge in [-0.15, -0.1) is 0 Å². The Morgan fingerprint density at radius 1 is 1.18 bits per heavy atom. The molecule has 116 valence electrons. The van der Waals surface area contributed by atoms with Crippen LogP contribution in [0.1, 0.15) is 23.6 Å². The van der Waals surface area contributed by atoms with E-state index in [9.17, 15) is 4.79 Å². The summed E-state index contributed by atoms with van der Waals surface area (Å²) < 4.78 is 5.18. The van der Waals surface area contributed by atoms with Crippen molar-refractivity contribution in [3.8, 4) is 5.75 Å². The first-order chi connectivity index (χ1) is 10.7. The first-order valence-corrected chi connectivity index (χ1v) is 7.39. The molecular weight excluding hydrogens is 276 g/mol. The van der Waals surface area contributed by atoms with Gasteiger partial charge in [0.2, 0.25) is 5.91 Å². The monoisotopic (exact) mass is 298 g/mol. The number of amides is 1. The lowest BCUT2D eigenvalue weighted by molar-refractivity contribution is -0.121. The number of nitrogens with one attached hydrogen (secondary N) is 1. The van der Waals surface area contributed by atoms with Crippen LogP contribution in [0.3, 0.4) is 0 Å². The summed E-state index contributed by atoms with van der Waals surface area (Å²) in [6.45, 7) is 0.591.